The zero-order chi connectivity index (χ0) is 13.1. The maximum atomic E-state index is 12.3. The van der Waals surface area contributed by atoms with E-state index in [1.54, 1.807) is 6.08 Å². The number of hydrogen-bond acceptors (Lipinski definition) is 3. The van der Waals surface area contributed by atoms with Crippen LogP contribution in [-0.4, -0.2) is 30.3 Å². The van der Waals surface area contributed by atoms with Crippen LogP contribution in [0.2, 0.25) is 5.15 Å². The molecule has 0 aliphatic rings. The molecule has 1 aromatic heterocycles. The summed E-state index contributed by atoms with van der Waals surface area (Å²) < 4.78 is 26.0. The van der Waals surface area contributed by atoms with Crippen molar-refractivity contribution in [2.24, 2.45) is 0 Å². The highest BCUT2D eigenvalue weighted by Crippen LogP contribution is 2.19. The highest BCUT2D eigenvalue weighted by Gasteiger charge is 2.26. The van der Waals surface area contributed by atoms with Gasteiger partial charge in [-0.2, -0.15) is 4.31 Å². The molecular weight excluding hydrogens is 260 g/mol. The molecule has 0 aliphatic carbocycles. The Kier molecular flexibility index (Phi) is 4.68. The van der Waals surface area contributed by atoms with Crippen LogP contribution in [0.1, 0.15) is 13.8 Å². The molecule has 0 saturated heterocycles. The van der Waals surface area contributed by atoms with Crippen molar-refractivity contribution < 1.29 is 8.42 Å². The van der Waals surface area contributed by atoms with Gasteiger partial charge in [0.05, 0.1) is 4.90 Å². The Hall–Kier alpha value is -0.910. The summed E-state index contributed by atoms with van der Waals surface area (Å²) in [4.78, 5) is 3.91. The second-order valence-corrected chi connectivity index (χ2v) is 6.05. The minimum atomic E-state index is -3.55. The molecule has 1 rings (SSSR count). The fourth-order valence-electron chi connectivity index (χ4n) is 1.39. The Balaban J connectivity index is 3.21. The summed E-state index contributed by atoms with van der Waals surface area (Å²) in [6.45, 7) is 7.45. The third kappa shape index (κ3) is 3.28. The van der Waals surface area contributed by atoms with Crippen LogP contribution >= 0.6 is 11.6 Å². The van der Waals surface area contributed by atoms with Crippen molar-refractivity contribution in [2.75, 3.05) is 6.54 Å². The Morgan fingerprint density at radius 2 is 2.24 bits per heavy atom. The summed E-state index contributed by atoms with van der Waals surface area (Å²) in [5, 5.41) is 0.161. The number of sulfonamides is 1. The molecule has 0 fully saturated rings. The van der Waals surface area contributed by atoms with E-state index >= 15 is 0 Å². The van der Waals surface area contributed by atoms with Gasteiger partial charge in [-0.3, -0.25) is 0 Å². The average Bonchev–Trinajstić information content (AvgIpc) is 2.25. The summed E-state index contributed by atoms with van der Waals surface area (Å²) in [5.74, 6) is 0. The number of hydrogen-bond donors (Lipinski definition) is 0. The first kappa shape index (κ1) is 14.2. The third-order valence-corrected chi connectivity index (χ3v) is 4.43. The Labute approximate surface area is 107 Å². The number of rotatable bonds is 5. The average molecular weight is 275 g/mol. The maximum Gasteiger partial charge on any atom is 0.243 e. The van der Waals surface area contributed by atoms with Crippen molar-refractivity contribution in [1.82, 2.24) is 9.29 Å². The zero-order valence-electron chi connectivity index (χ0n) is 9.80. The smallest absolute Gasteiger partial charge is 0.243 e. The van der Waals surface area contributed by atoms with Crippen LogP contribution in [0.25, 0.3) is 0 Å². The number of pyridine rings is 1. The van der Waals surface area contributed by atoms with E-state index in [1.165, 1.54) is 22.6 Å². The number of halogens is 1. The fraction of sp³-hybridized carbons (Fsp3) is 0.364. The Bertz CT molecular complexity index is 500. The van der Waals surface area contributed by atoms with Crippen LogP contribution in [0.4, 0.5) is 0 Å². The van der Waals surface area contributed by atoms with Gasteiger partial charge < -0.3 is 0 Å². The summed E-state index contributed by atoms with van der Waals surface area (Å²) in [6.07, 6.45) is 2.93. The lowest BCUT2D eigenvalue weighted by molar-refractivity contribution is 0.383. The summed E-state index contributed by atoms with van der Waals surface area (Å²) >= 11 is 5.70. The Morgan fingerprint density at radius 3 is 2.71 bits per heavy atom. The SMILES string of the molecule is C=CCN(C(C)C)S(=O)(=O)c1ccnc(Cl)c1. The monoisotopic (exact) mass is 274 g/mol. The lowest BCUT2D eigenvalue weighted by Crippen LogP contribution is -2.37. The molecule has 0 unspecified atom stereocenters. The lowest BCUT2D eigenvalue weighted by Gasteiger charge is -2.24. The van der Waals surface area contributed by atoms with Gasteiger partial charge in [0, 0.05) is 18.8 Å². The van der Waals surface area contributed by atoms with E-state index < -0.39 is 10.0 Å². The van der Waals surface area contributed by atoms with E-state index in [0.29, 0.717) is 0 Å². The molecular formula is C11H15ClN2O2S. The van der Waals surface area contributed by atoms with E-state index in [2.05, 4.69) is 11.6 Å². The summed E-state index contributed by atoms with van der Waals surface area (Å²) in [7, 11) is -3.55. The van der Waals surface area contributed by atoms with Crippen LogP contribution < -0.4 is 0 Å². The van der Waals surface area contributed by atoms with Gasteiger partial charge in [0.2, 0.25) is 10.0 Å². The standard InChI is InChI=1S/C11H15ClN2O2S/c1-4-7-14(9(2)3)17(15,16)10-5-6-13-11(12)8-10/h4-6,8-9H,1,7H2,2-3H3. The minimum Gasteiger partial charge on any atom is -0.244 e. The van der Waals surface area contributed by atoms with Gasteiger partial charge in [-0.25, -0.2) is 13.4 Å². The molecule has 4 nitrogen and oxygen atoms in total. The molecule has 0 aliphatic heterocycles. The number of nitrogens with zero attached hydrogens (tertiary/aromatic N) is 2. The van der Waals surface area contributed by atoms with E-state index in [9.17, 15) is 8.42 Å². The normalized spacial score (nSPS) is 12.1. The lowest BCUT2D eigenvalue weighted by atomic mass is 10.4. The van der Waals surface area contributed by atoms with Crippen LogP contribution in [0.5, 0.6) is 0 Å². The molecule has 1 heterocycles. The number of aromatic nitrogens is 1. The van der Waals surface area contributed by atoms with Gasteiger partial charge in [0.15, 0.2) is 0 Å². The molecule has 0 spiro atoms. The van der Waals surface area contributed by atoms with Crippen LogP contribution in [0.15, 0.2) is 35.9 Å². The fourth-order valence-corrected chi connectivity index (χ4v) is 3.25. The highest BCUT2D eigenvalue weighted by atomic mass is 35.5. The Morgan fingerprint density at radius 1 is 1.59 bits per heavy atom. The van der Waals surface area contributed by atoms with E-state index in [4.69, 9.17) is 11.6 Å². The van der Waals surface area contributed by atoms with Gasteiger partial charge in [-0.05, 0) is 26.0 Å². The van der Waals surface area contributed by atoms with Crippen molar-refractivity contribution >= 4 is 21.6 Å². The van der Waals surface area contributed by atoms with Crippen LogP contribution in [0, 0.1) is 0 Å². The second kappa shape index (κ2) is 5.62. The van der Waals surface area contributed by atoms with E-state index in [-0.39, 0.29) is 22.6 Å². The first-order chi connectivity index (χ1) is 7.89. The van der Waals surface area contributed by atoms with Crippen molar-refractivity contribution in [3.63, 3.8) is 0 Å². The summed E-state index contributed by atoms with van der Waals surface area (Å²) in [5.41, 5.74) is 0. The molecule has 0 amide bonds. The van der Waals surface area contributed by atoms with Gasteiger partial charge in [0.25, 0.3) is 0 Å². The molecule has 0 N–H and O–H groups in total. The largest absolute Gasteiger partial charge is 0.244 e. The first-order valence-corrected chi connectivity index (χ1v) is 6.95. The van der Waals surface area contributed by atoms with Crippen LogP contribution in [-0.2, 0) is 10.0 Å². The van der Waals surface area contributed by atoms with Crippen molar-refractivity contribution in [3.8, 4) is 0 Å². The van der Waals surface area contributed by atoms with Gasteiger partial charge in [-0.15, -0.1) is 6.58 Å². The maximum absolute atomic E-state index is 12.3. The molecule has 1 aromatic rings. The molecule has 0 bridgehead atoms. The predicted octanol–water partition coefficient (Wildman–Crippen LogP) is 2.32. The topological polar surface area (TPSA) is 50.3 Å². The van der Waals surface area contributed by atoms with Crippen molar-refractivity contribution in [2.45, 2.75) is 24.8 Å². The van der Waals surface area contributed by atoms with Gasteiger partial charge >= 0.3 is 0 Å². The molecule has 94 valence electrons. The van der Waals surface area contributed by atoms with Gasteiger partial charge in [-0.1, -0.05) is 17.7 Å². The van der Waals surface area contributed by atoms with E-state index in [1.807, 2.05) is 13.8 Å². The molecule has 17 heavy (non-hydrogen) atoms. The molecule has 0 aromatic carbocycles. The minimum absolute atomic E-state index is 0.146. The first-order valence-electron chi connectivity index (χ1n) is 5.14. The second-order valence-electron chi connectivity index (χ2n) is 3.77. The highest BCUT2D eigenvalue weighted by molar-refractivity contribution is 7.89. The van der Waals surface area contributed by atoms with E-state index in [0.717, 1.165) is 0 Å². The summed E-state index contributed by atoms with van der Waals surface area (Å²) in [6, 6.07) is 2.62. The zero-order valence-corrected chi connectivity index (χ0v) is 11.4. The van der Waals surface area contributed by atoms with Crippen molar-refractivity contribution in [1.29, 1.82) is 0 Å². The molecule has 6 heteroatoms. The molecule has 0 atom stereocenters. The quantitative estimate of drug-likeness (QED) is 0.612. The molecule has 0 saturated carbocycles. The van der Waals surface area contributed by atoms with Crippen LogP contribution in [0.3, 0.4) is 0 Å². The van der Waals surface area contributed by atoms with Gasteiger partial charge in [0.1, 0.15) is 5.15 Å². The van der Waals surface area contributed by atoms with Crippen molar-refractivity contribution in [3.05, 3.63) is 36.1 Å². The third-order valence-electron chi connectivity index (χ3n) is 2.19. The predicted molar refractivity (Wildman–Crippen MR) is 68.5 cm³/mol. The molecule has 0 radical (unpaired) electrons.